The highest BCUT2D eigenvalue weighted by Crippen LogP contribution is 2.34. The lowest BCUT2D eigenvalue weighted by molar-refractivity contribution is 0.509. The van der Waals surface area contributed by atoms with Crippen molar-refractivity contribution in [2.45, 2.75) is 27.7 Å². The zero-order chi connectivity index (χ0) is 25.7. The Morgan fingerprint density at radius 2 is 1.84 bits per heavy atom. The van der Waals surface area contributed by atoms with Gasteiger partial charge in [0.05, 0.1) is 40.8 Å². The number of H-pyrrole nitrogens is 2. The first kappa shape index (κ1) is 22.8. The zero-order valence-corrected chi connectivity index (χ0v) is 21.4. The van der Waals surface area contributed by atoms with Gasteiger partial charge in [-0.3, -0.25) is 10.1 Å². The molecule has 0 amide bonds. The van der Waals surface area contributed by atoms with Crippen molar-refractivity contribution in [1.29, 1.82) is 0 Å². The molecule has 0 aliphatic heterocycles. The zero-order valence-electron chi connectivity index (χ0n) is 21.4. The summed E-state index contributed by atoms with van der Waals surface area (Å²) in [4.78, 5) is 12.4. The first-order valence-corrected chi connectivity index (χ1v) is 12.3. The fourth-order valence-corrected chi connectivity index (χ4v) is 4.47. The molecule has 0 atom stereocenters. The molecule has 4 heterocycles. The summed E-state index contributed by atoms with van der Waals surface area (Å²) in [6, 6.07) is 16.8. The fraction of sp³-hybridized carbons (Fsp3) is 0.167. The largest absolute Gasteiger partial charge is 0.358 e. The first-order chi connectivity index (χ1) is 17.8. The minimum atomic E-state index is -0.0449. The topological polar surface area (TPSA) is 87.2 Å². The summed E-state index contributed by atoms with van der Waals surface area (Å²) < 4.78 is 2.05. The smallest absolute Gasteiger partial charge is 0.116 e. The van der Waals surface area contributed by atoms with Crippen LogP contribution in [0, 0.1) is 12.3 Å². The van der Waals surface area contributed by atoms with Gasteiger partial charge in [0.1, 0.15) is 5.69 Å². The van der Waals surface area contributed by atoms with Crippen LogP contribution >= 0.6 is 0 Å². The third kappa shape index (κ3) is 4.18. The van der Waals surface area contributed by atoms with Crippen molar-refractivity contribution in [3.05, 3.63) is 91.4 Å². The van der Waals surface area contributed by atoms with E-state index in [0.717, 1.165) is 67.1 Å². The van der Waals surface area contributed by atoms with E-state index in [2.05, 4.69) is 111 Å². The Hall–Kier alpha value is -4.65. The number of anilines is 1. The number of imidazole rings is 1. The van der Waals surface area contributed by atoms with Crippen LogP contribution in [0.15, 0.2) is 85.7 Å². The normalized spacial score (nSPS) is 11.9. The molecule has 3 N–H and O–H groups in total. The Kier molecular flexibility index (Phi) is 5.22. The number of nitrogens with zero attached hydrogens (tertiary/aromatic N) is 4. The summed E-state index contributed by atoms with van der Waals surface area (Å²) in [5.74, 6) is 0. The molecule has 7 heteroatoms. The van der Waals surface area contributed by atoms with E-state index in [4.69, 9.17) is 0 Å². The lowest BCUT2D eigenvalue weighted by Crippen LogP contribution is -2.15. The first-order valence-electron chi connectivity index (χ1n) is 12.3. The van der Waals surface area contributed by atoms with E-state index in [1.807, 2.05) is 31.8 Å². The quantitative estimate of drug-likeness (QED) is 0.239. The minimum absolute atomic E-state index is 0.0449. The SMILES string of the molecule is C=C(Nc1cncc(-c2ccc3[nH]nc(-c4cc5c(-n6cnc(C)c6)cccc5[nH]4)c3c2)c1)C(C)(C)C. The molecule has 7 nitrogen and oxygen atoms in total. The van der Waals surface area contributed by atoms with Crippen LogP contribution in [0.3, 0.4) is 0 Å². The number of benzene rings is 2. The van der Waals surface area contributed by atoms with E-state index in [1.165, 1.54) is 0 Å². The highest BCUT2D eigenvalue weighted by molar-refractivity contribution is 5.99. The van der Waals surface area contributed by atoms with Gasteiger partial charge in [-0.2, -0.15) is 5.10 Å². The van der Waals surface area contributed by atoms with Gasteiger partial charge in [-0.25, -0.2) is 4.98 Å². The van der Waals surface area contributed by atoms with Crippen LogP contribution in [0.2, 0.25) is 0 Å². The predicted molar refractivity (Wildman–Crippen MR) is 151 cm³/mol. The molecular weight excluding hydrogens is 458 g/mol. The summed E-state index contributed by atoms with van der Waals surface area (Å²) in [5.41, 5.74) is 9.83. The molecule has 0 aliphatic rings. The maximum atomic E-state index is 4.67. The number of aromatic nitrogens is 6. The molecule has 0 saturated heterocycles. The summed E-state index contributed by atoms with van der Waals surface area (Å²) in [5, 5.41) is 13.4. The summed E-state index contributed by atoms with van der Waals surface area (Å²) in [7, 11) is 0. The summed E-state index contributed by atoms with van der Waals surface area (Å²) >= 11 is 0. The van der Waals surface area contributed by atoms with Crippen molar-refractivity contribution in [3.63, 3.8) is 0 Å². The molecule has 0 radical (unpaired) electrons. The monoisotopic (exact) mass is 487 g/mol. The molecule has 0 aliphatic carbocycles. The van der Waals surface area contributed by atoms with Gasteiger partial charge < -0.3 is 14.9 Å². The molecule has 0 fully saturated rings. The van der Waals surface area contributed by atoms with Crippen molar-refractivity contribution in [2.24, 2.45) is 5.41 Å². The van der Waals surface area contributed by atoms with E-state index >= 15 is 0 Å². The van der Waals surface area contributed by atoms with Crippen LogP contribution < -0.4 is 5.32 Å². The van der Waals surface area contributed by atoms with E-state index in [0.29, 0.717) is 0 Å². The predicted octanol–water partition coefficient (Wildman–Crippen LogP) is 7.24. The molecule has 0 bridgehead atoms. The van der Waals surface area contributed by atoms with Crippen molar-refractivity contribution in [1.82, 2.24) is 29.7 Å². The highest BCUT2D eigenvalue weighted by atomic mass is 15.1. The van der Waals surface area contributed by atoms with Crippen molar-refractivity contribution in [2.75, 3.05) is 5.32 Å². The lowest BCUT2D eigenvalue weighted by Gasteiger charge is -2.23. The Morgan fingerprint density at radius 3 is 2.62 bits per heavy atom. The molecule has 2 aromatic carbocycles. The van der Waals surface area contributed by atoms with Gasteiger partial charge in [0.2, 0.25) is 0 Å². The molecule has 0 unspecified atom stereocenters. The number of aromatic amines is 2. The van der Waals surface area contributed by atoms with Crippen LogP contribution in [0.25, 0.3) is 50.0 Å². The molecule has 4 aromatic heterocycles. The van der Waals surface area contributed by atoms with Gasteiger partial charge >= 0.3 is 0 Å². The second-order valence-electron chi connectivity index (χ2n) is 10.5. The van der Waals surface area contributed by atoms with Crippen LogP contribution in [0.1, 0.15) is 26.5 Å². The van der Waals surface area contributed by atoms with E-state index < -0.39 is 0 Å². The Balaban J connectivity index is 1.40. The van der Waals surface area contributed by atoms with Gasteiger partial charge in [-0.1, -0.05) is 39.5 Å². The molecule has 6 rings (SSSR count). The molecule has 0 saturated carbocycles. The van der Waals surface area contributed by atoms with Crippen molar-refractivity contribution in [3.8, 4) is 28.2 Å². The van der Waals surface area contributed by atoms with Gasteiger partial charge in [-0.05, 0) is 48.9 Å². The van der Waals surface area contributed by atoms with E-state index in [9.17, 15) is 0 Å². The molecule has 0 spiro atoms. The second kappa shape index (κ2) is 8.48. The fourth-order valence-electron chi connectivity index (χ4n) is 4.47. The number of hydrogen-bond acceptors (Lipinski definition) is 4. The van der Waals surface area contributed by atoms with Crippen LogP contribution in [0.4, 0.5) is 5.69 Å². The van der Waals surface area contributed by atoms with E-state index in [-0.39, 0.29) is 5.41 Å². The number of nitrogens with one attached hydrogen (secondary N) is 3. The second-order valence-corrected chi connectivity index (χ2v) is 10.5. The van der Waals surface area contributed by atoms with Gasteiger partial charge in [0.15, 0.2) is 0 Å². The average molecular weight is 488 g/mol. The maximum absolute atomic E-state index is 4.67. The van der Waals surface area contributed by atoms with Crippen molar-refractivity contribution < 1.29 is 0 Å². The Labute approximate surface area is 215 Å². The van der Waals surface area contributed by atoms with Gasteiger partial charge in [-0.15, -0.1) is 0 Å². The summed E-state index contributed by atoms with van der Waals surface area (Å²) in [6.45, 7) is 12.6. The number of fused-ring (bicyclic) bond motifs is 2. The lowest BCUT2D eigenvalue weighted by atomic mass is 9.93. The number of rotatable bonds is 5. The molecule has 184 valence electrons. The van der Waals surface area contributed by atoms with Gasteiger partial charge in [0.25, 0.3) is 0 Å². The number of aryl methyl sites for hydroxylation is 1. The third-order valence-electron chi connectivity index (χ3n) is 6.72. The molecule has 37 heavy (non-hydrogen) atoms. The minimum Gasteiger partial charge on any atom is -0.358 e. The van der Waals surface area contributed by atoms with Crippen LogP contribution in [-0.4, -0.2) is 29.7 Å². The Morgan fingerprint density at radius 1 is 0.973 bits per heavy atom. The summed E-state index contributed by atoms with van der Waals surface area (Å²) in [6.07, 6.45) is 7.59. The standard InChI is InChI=1S/C30H29N7/c1-18-16-37(17-32-18)28-8-6-7-25-23(28)13-27(34-25)29-24-12-20(9-10-26(24)35-36-29)21-11-22(15-31-14-21)33-19(2)30(3,4)5/h6-17,33-34H,2H2,1,3-5H3,(H,35,36). The van der Waals surface area contributed by atoms with Crippen LogP contribution in [0.5, 0.6) is 0 Å². The number of allylic oxidation sites excluding steroid dienone is 1. The number of hydrogen-bond donors (Lipinski definition) is 3. The van der Waals surface area contributed by atoms with E-state index in [1.54, 1.807) is 0 Å². The highest BCUT2D eigenvalue weighted by Gasteiger charge is 2.16. The van der Waals surface area contributed by atoms with Gasteiger partial charge in [0, 0.05) is 45.4 Å². The Bertz CT molecular complexity index is 1770. The average Bonchev–Trinajstić information content (AvgIpc) is 3.60. The number of pyridine rings is 1. The third-order valence-corrected chi connectivity index (χ3v) is 6.72. The molecular formula is C30H29N7. The van der Waals surface area contributed by atoms with Crippen molar-refractivity contribution >= 4 is 27.5 Å². The maximum Gasteiger partial charge on any atom is 0.116 e. The molecule has 6 aromatic rings. The van der Waals surface area contributed by atoms with Crippen LogP contribution in [-0.2, 0) is 0 Å².